The van der Waals surface area contributed by atoms with Crippen molar-refractivity contribution in [3.63, 3.8) is 0 Å². The van der Waals surface area contributed by atoms with Gasteiger partial charge < -0.3 is 5.32 Å². The maximum atomic E-state index is 13.0. The fraction of sp³-hybridized carbons (Fsp3) is 0.273. The van der Waals surface area contributed by atoms with Gasteiger partial charge in [-0.25, -0.2) is 13.5 Å². The number of nitrogens with one attached hydrogen (secondary N) is 1. The van der Waals surface area contributed by atoms with E-state index in [2.05, 4.69) is 15.6 Å². The summed E-state index contributed by atoms with van der Waals surface area (Å²) in [5, 5.41) is 10.8. The summed E-state index contributed by atoms with van der Waals surface area (Å²) >= 11 is 0. The Morgan fingerprint density at radius 1 is 1.29 bits per heavy atom. The quantitative estimate of drug-likeness (QED) is 0.873. The first kappa shape index (κ1) is 11.7. The highest BCUT2D eigenvalue weighted by Gasteiger charge is 2.04. The highest BCUT2D eigenvalue weighted by Crippen LogP contribution is 2.09. The van der Waals surface area contributed by atoms with E-state index < -0.39 is 11.6 Å². The first-order valence-corrected chi connectivity index (χ1v) is 5.16. The van der Waals surface area contributed by atoms with E-state index in [1.165, 1.54) is 6.07 Å². The van der Waals surface area contributed by atoms with Crippen molar-refractivity contribution < 1.29 is 8.78 Å². The maximum Gasteiger partial charge on any atom is 0.159 e. The monoisotopic (exact) mass is 238 g/mol. The zero-order chi connectivity index (χ0) is 12.3. The van der Waals surface area contributed by atoms with Crippen LogP contribution in [0.4, 0.5) is 8.78 Å². The second-order valence-corrected chi connectivity index (χ2v) is 3.69. The van der Waals surface area contributed by atoms with E-state index in [1.54, 1.807) is 10.9 Å². The van der Waals surface area contributed by atoms with Gasteiger partial charge in [0.05, 0.1) is 18.4 Å². The number of hydrogen-bond donors (Lipinski definition) is 1. The van der Waals surface area contributed by atoms with Crippen molar-refractivity contribution >= 4 is 0 Å². The van der Waals surface area contributed by atoms with Gasteiger partial charge in [-0.2, -0.15) is 0 Å². The summed E-state index contributed by atoms with van der Waals surface area (Å²) in [5.74, 6) is -1.69. The summed E-state index contributed by atoms with van der Waals surface area (Å²) in [5.41, 5.74) is 1.44. The van der Waals surface area contributed by atoms with Crippen LogP contribution in [-0.4, -0.2) is 22.0 Å². The van der Waals surface area contributed by atoms with E-state index in [1.807, 2.05) is 7.05 Å². The smallest absolute Gasteiger partial charge is 0.159 e. The largest absolute Gasteiger partial charge is 0.314 e. The minimum absolute atomic E-state index is 0.369. The van der Waals surface area contributed by atoms with Gasteiger partial charge in [0.2, 0.25) is 0 Å². The van der Waals surface area contributed by atoms with E-state index in [9.17, 15) is 8.78 Å². The Morgan fingerprint density at radius 3 is 2.82 bits per heavy atom. The van der Waals surface area contributed by atoms with Gasteiger partial charge in [0.25, 0.3) is 0 Å². The molecule has 0 bridgehead atoms. The molecule has 0 saturated heterocycles. The molecule has 0 saturated carbocycles. The molecule has 2 aromatic rings. The molecule has 90 valence electrons. The molecule has 1 aromatic heterocycles. The SMILES string of the molecule is CNCc1cn(Cc2ccc(F)c(F)c2)nn1. The molecule has 17 heavy (non-hydrogen) atoms. The van der Waals surface area contributed by atoms with E-state index >= 15 is 0 Å². The summed E-state index contributed by atoms with van der Waals surface area (Å²) < 4.78 is 27.3. The topological polar surface area (TPSA) is 42.7 Å². The van der Waals surface area contributed by atoms with Crippen LogP contribution in [0.1, 0.15) is 11.3 Å². The number of benzene rings is 1. The molecule has 2 rings (SSSR count). The van der Waals surface area contributed by atoms with Crippen LogP contribution >= 0.6 is 0 Å². The van der Waals surface area contributed by atoms with Crippen LogP contribution in [0.3, 0.4) is 0 Å². The first-order chi connectivity index (χ1) is 8.19. The second kappa shape index (κ2) is 5.01. The van der Waals surface area contributed by atoms with E-state index in [-0.39, 0.29) is 0 Å². The number of aromatic nitrogens is 3. The third kappa shape index (κ3) is 2.85. The van der Waals surface area contributed by atoms with Crippen LogP contribution in [0.5, 0.6) is 0 Å². The molecule has 0 aliphatic heterocycles. The van der Waals surface area contributed by atoms with Gasteiger partial charge in [-0.05, 0) is 24.7 Å². The lowest BCUT2D eigenvalue weighted by atomic mass is 10.2. The van der Waals surface area contributed by atoms with Gasteiger partial charge in [-0.15, -0.1) is 5.10 Å². The molecule has 0 amide bonds. The summed E-state index contributed by atoms with van der Waals surface area (Å²) in [7, 11) is 1.81. The molecule has 0 atom stereocenters. The molecule has 4 nitrogen and oxygen atoms in total. The van der Waals surface area contributed by atoms with E-state index in [0.29, 0.717) is 18.7 Å². The van der Waals surface area contributed by atoms with Crippen LogP contribution in [-0.2, 0) is 13.1 Å². The van der Waals surface area contributed by atoms with Crippen molar-refractivity contribution in [2.24, 2.45) is 0 Å². The second-order valence-electron chi connectivity index (χ2n) is 3.69. The van der Waals surface area contributed by atoms with Crippen molar-refractivity contribution in [3.05, 3.63) is 47.3 Å². The maximum absolute atomic E-state index is 13.0. The Hall–Kier alpha value is -1.82. The number of halogens is 2. The molecular weight excluding hydrogens is 226 g/mol. The Balaban J connectivity index is 2.11. The zero-order valence-electron chi connectivity index (χ0n) is 9.32. The molecule has 0 fully saturated rings. The number of rotatable bonds is 4. The fourth-order valence-corrected chi connectivity index (χ4v) is 1.50. The lowest BCUT2D eigenvalue weighted by molar-refractivity contribution is 0.505. The Kier molecular flexibility index (Phi) is 3.43. The fourth-order valence-electron chi connectivity index (χ4n) is 1.50. The molecule has 1 N–H and O–H groups in total. The van der Waals surface area contributed by atoms with Crippen LogP contribution in [0, 0.1) is 11.6 Å². The zero-order valence-corrected chi connectivity index (χ0v) is 9.32. The Bertz CT molecular complexity index is 510. The van der Waals surface area contributed by atoms with Crippen molar-refractivity contribution in [3.8, 4) is 0 Å². The van der Waals surface area contributed by atoms with E-state index in [0.717, 1.165) is 17.8 Å². The average Bonchev–Trinajstić information content (AvgIpc) is 2.72. The molecule has 0 aliphatic rings. The van der Waals surface area contributed by atoms with Crippen LogP contribution in [0.2, 0.25) is 0 Å². The van der Waals surface area contributed by atoms with Crippen molar-refractivity contribution in [2.45, 2.75) is 13.1 Å². The van der Waals surface area contributed by atoms with Crippen molar-refractivity contribution in [1.82, 2.24) is 20.3 Å². The predicted molar refractivity (Wildman–Crippen MR) is 58.2 cm³/mol. The number of hydrogen-bond acceptors (Lipinski definition) is 3. The average molecular weight is 238 g/mol. The van der Waals surface area contributed by atoms with Crippen LogP contribution in [0.15, 0.2) is 24.4 Å². The Labute approximate surface area is 97.3 Å². The molecular formula is C11H12F2N4. The normalized spacial score (nSPS) is 10.8. The van der Waals surface area contributed by atoms with Gasteiger partial charge in [-0.1, -0.05) is 11.3 Å². The summed E-state index contributed by atoms with van der Waals surface area (Å²) in [6.45, 7) is 0.992. The van der Waals surface area contributed by atoms with Gasteiger partial charge in [0.1, 0.15) is 0 Å². The van der Waals surface area contributed by atoms with Gasteiger partial charge in [0.15, 0.2) is 11.6 Å². The van der Waals surface area contributed by atoms with Crippen LogP contribution in [0.25, 0.3) is 0 Å². The summed E-state index contributed by atoms with van der Waals surface area (Å²) in [6.07, 6.45) is 1.76. The molecule has 0 aliphatic carbocycles. The third-order valence-corrected chi connectivity index (χ3v) is 2.27. The summed E-state index contributed by atoms with van der Waals surface area (Å²) in [6, 6.07) is 3.79. The van der Waals surface area contributed by atoms with Gasteiger partial charge >= 0.3 is 0 Å². The lowest BCUT2D eigenvalue weighted by Crippen LogP contribution is -2.05. The van der Waals surface area contributed by atoms with Gasteiger partial charge in [0, 0.05) is 6.54 Å². The Morgan fingerprint density at radius 2 is 2.12 bits per heavy atom. The summed E-state index contributed by atoms with van der Waals surface area (Å²) in [4.78, 5) is 0. The number of nitrogens with zero attached hydrogens (tertiary/aromatic N) is 3. The third-order valence-electron chi connectivity index (χ3n) is 2.27. The molecule has 0 radical (unpaired) electrons. The minimum Gasteiger partial charge on any atom is -0.314 e. The molecule has 1 aromatic carbocycles. The minimum atomic E-state index is -0.849. The van der Waals surface area contributed by atoms with Crippen molar-refractivity contribution in [1.29, 1.82) is 0 Å². The van der Waals surface area contributed by atoms with Crippen molar-refractivity contribution in [2.75, 3.05) is 7.05 Å². The van der Waals surface area contributed by atoms with Crippen LogP contribution < -0.4 is 5.32 Å². The van der Waals surface area contributed by atoms with Gasteiger partial charge in [-0.3, -0.25) is 0 Å². The molecule has 0 spiro atoms. The highest BCUT2D eigenvalue weighted by molar-refractivity contribution is 5.18. The molecule has 1 heterocycles. The predicted octanol–water partition coefficient (Wildman–Crippen LogP) is 1.32. The molecule has 0 unspecified atom stereocenters. The first-order valence-electron chi connectivity index (χ1n) is 5.16. The highest BCUT2D eigenvalue weighted by atomic mass is 19.2. The van der Waals surface area contributed by atoms with E-state index in [4.69, 9.17) is 0 Å². The standard InChI is InChI=1S/C11H12F2N4/c1-14-5-9-7-17(16-15-9)6-8-2-3-10(12)11(13)4-8/h2-4,7,14H,5-6H2,1H3. The molecule has 6 heteroatoms. The lowest BCUT2D eigenvalue weighted by Gasteiger charge is -2.01.